The number of amides is 2. The van der Waals surface area contributed by atoms with Gasteiger partial charge >= 0.3 is 0 Å². The number of thioether (sulfide) groups is 1. The highest BCUT2D eigenvalue weighted by Crippen LogP contribution is 2.22. The molecule has 32 heavy (non-hydrogen) atoms. The van der Waals surface area contributed by atoms with Gasteiger partial charge in [-0.1, -0.05) is 41.6 Å². The molecule has 0 aliphatic rings. The summed E-state index contributed by atoms with van der Waals surface area (Å²) in [5, 5.41) is 15.1. The van der Waals surface area contributed by atoms with Gasteiger partial charge in [-0.25, -0.2) is 0 Å². The van der Waals surface area contributed by atoms with Crippen LogP contribution >= 0.6 is 23.4 Å². The van der Waals surface area contributed by atoms with E-state index in [0.29, 0.717) is 27.1 Å². The van der Waals surface area contributed by atoms with Gasteiger partial charge in [-0.15, -0.1) is 10.2 Å². The van der Waals surface area contributed by atoms with Crippen molar-refractivity contribution in [3.8, 4) is 0 Å². The van der Waals surface area contributed by atoms with Crippen LogP contribution in [0.3, 0.4) is 0 Å². The van der Waals surface area contributed by atoms with Gasteiger partial charge in [-0.3, -0.25) is 14.0 Å². The van der Waals surface area contributed by atoms with Crippen LogP contribution in [-0.2, 0) is 4.79 Å². The van der Waals surface area contributed by atoms with Gasteiger partial charge in [0.2, 0.25) is 5.91 Å². The van der Waals surface area contributed by atoms with Gasteiger partial charge in [-0.05, 0) is 61.4 Å². The van der Waals surface area contributed by atoms with Crippen LogP contribution in [0.5, 0.6) is 0 Å². The van der Waals surface area contributed by atoms with Crippen LogP contribution in [0.25, 0.3) is 5.65 Å². The molecule has 2 N–H and O–H groups in total. The molecule has 0 unspecified atom stereocenters. The normalized spacial score (nSPS) is 10.8. The minimum Gasteiger partial charge on any atom is -0.325 e. The van der Waals surface area contributed by atoms with E-state index < -0.39 is 0 Å². The van der Waals surface area contributed by atoms with E-state index in [2.05, 4.69) is 20.8 Å². The zero-order valence-corrected chi connectivity index (χ0v) is 19.0. The van der Waals surface area contributed by atoms with Crippen LogP contribution < -0.4 is 10.6 Å². The Kier molecular flexibility index (Phi) is 6.43. The highest BCUT2D eigenvalue weighted by atomic mass is 35.5. The zero-order valence-electron chi connectivity index (χ0n) is 17.4. The Bertz CT molecular complexity index is 1320. The number of carbonyl (C=O) groups is 2. The summed E-state index contributed by atoms with van der Waals surface area (Å²) in [5.41, 5.74) is 4.42. The van der Waals surface area contributed by atoms with Gasteiger partial charge in [0.15, 0.2) is 10.8 Å². The standard InChI is InChI=1S/C23H20ClN5O2S/c1-14-4-3-5-18(10-14)25-22(31)16-7-9-20-27-28-23(29(20)12-16)32-13-21(30)26-19-11-17(24)8-6-15(19)2/h3-12H,13H2,1-2H3,(H,25,31)(H,26,30). The second kappa shape index (κ2) is 9.42. The molecule has 0 aliphatic heterocycles. The lowest BCUT2D eigenvalue weighted by atomic mass is 10.2. The van der Waals surface area contributed by atoms with Crippen LogP contribution in [0.4, 0.5) is 11.4 Å². The third-order valence-electron chi connectivity index (χ3n) is 4.72. The Morgan fingerprint density at radius 1 is 1.03 bits per heavy atom. The van der Waals surface area contributed by atoms with Crippen molar-refractivity contribution in [2.75, 3.05) is 16.4 Å². The summed E-state index contributed by atoms with van der Waals surface area (Å²) >= 11 is 7.25. The molecule has 0 saturated heterocycles. The molecule has 0 fully saturated rings. The van der Waals surface area contributed by atoms with E-state index in [4.69, 9.17) is 11.6 Å². The molecule has 0 radical (unpaired) electrons. The number of carbonyl (C=O) groups excluding carboxylic acids is 2. The predicted octanol–water partition coefficient (Wildman–Crippen LogP) is 4.98. The van der Waals surface area contributed by atoms with Crippen LogP contribution in [-0.4, -0.2) is 32.2 Å². The summed E-state index contributed by atoms with van der Waals surface area (Å²) < 4.78 is 1.70. The minimum absolute atomic E-state index is 0.131. The molecule has 7 nitrogen and oxygen atoms in total. The second-order valence-electron chi connectivity index (χ2n) is 7.25. The summed E-state index contributed by atoms with van der Waals surface area (Å²) in [6, 6.07) is 16.3. The highest BCUT2D eigenvalue weighted by molar-refractivity contribution is 7.99. The molecule has 4 aromatic rings. The molecule has 162 valence electrons. The fraction of sp³-hybridized carbons (Fsp3) is 0.130. The molecular weight excluding hydrogens is 446 g/mol. The van der Waals surface area contributed by atoms with Crippen molar-refractivity contribution >= 4 is 52.2 Å². The smallest absolute Gasteiger partial charge is 0.257 e. The SMILES string of the molecule is Cc1cccc(NC(=O)c2ccc3nnc(SCC(=O)Nc4cc(Cl)ccc4C)n3c2)c1. The van der Waals surface area contributed by atoms with Crippen molar-refractivity contribution < 1.29 is 9.59 Å². The Labute approximate surface area is 194 Å². The monoisotopic (exact) mass is 465 g/mol. The lowest BCUT2D eigenvalue weighted by Crippen LogP contribution is -2.15. The van der Waals surface area contributed by atoms with E-state index >= 15 is 0 Å². The van der Waals surface area contributed by atoms with E-state index in [0.717, 1.165) is 16.8 Å². The molecule has 0 spiro atoms. The molecule has 0 saturated carbocycles. The number of benzene rings is 2. The first kappa shape index (κ1) is 21.9. The number of nitrogens with zero attached hydrogens (tertiary/aromatic N) is 3. The Morgan fingerprint density at radius 3 is 2.69 bits per heavy atom. The topological polar surface area (TPSA) is 88.4 Å². The molecule has 2 aromatic heterocycles. The number of hydrogen-bond acceptors (Lipinski definition) is 5. The number of aryl methyl sites for hydroxylation is 2. The van der Waals surface area contributed by atoms with Gasteiger partial charge in [0, 0.05) is 22.6 Å². The quantitative estimate of drug-likeness (QED) is 0.392. The number of rotatable bonds is 6. The lowest BCUT2D eigenvalue weighted by Gasteiger charge is -2.09. The Morgan fingerprint density at radius 2 is 1.88 bits per heavy atom. The molecule has 2 aromatic carbocycles. The summed E-state index contributed by atoms with van der Waals surface area (Å²) in [4.78, 5) is 25.1. The summed E-state index contributed by atoms with van der Waals surface area (Å²) in [6.45, 7) is 3.86. The number of pyridine rings is 1. The maximum absolute atomic E-state index is 12.7. The van der Waals surface area contributed by atoms with Gasteiger partial charge in [0.05, 0.1) is 11.3 Å². The van der Waals surface area contributed by atoms with Gasteiger partial charge in [0.1, 0.15) is 0 Å². The summed E-state index contributed by atoms with van der Waals surface area (Å²) in [7, 11) is 0. The number of fused-ring (bicyclic) bond motifs is 1. The summed E-state index contributed by atoms with van der Waals surface area (Å²) in [6.07, 6.45) is 1.67. The van der Waals surface area contributed by atoms with Gasteiger partial charge in [-0.2, -0.15) is 0 Å². The van der Waals surface area contributed by atoms with E-state index in [1.165, 1.54) is 11.8 Å². The molecule has 9 heteroatoms. The number of hydrogen-bond donors (Lipinski definition) is 2. The molecule has 0 atom stereocenters. The lowest BCUT2D eigenvalue weighted by molar-refractivity contribution is -0.113. The van der Waals surface area contributed by atoms with E-state index in [1.807, 2.05) is 44.2 Å². The predicted molar refractivity (Wildman–Crippen MR) is 128 cm³/mol. The average molecular weight is 466 g/mol. The molecular formula is C23H20ClN5O2S. The molecule has 0 bridgehead atoms. The van der Waals surface area contributed by atoms with E-state index in [9.17, 15) is 9.59 Å². The first-order valence-corrected chi connectivity index (χ1v) is 11.2. The van der Waals surface area contributed by atoms with Gasteiger partial charge < -0.3 is 10.6 Å². The number of anilines is 2. The van der Waals surface area contributed by atoms with Crippen LogP contribution in [0.1, 0.15) is 21.5 Å². The highest BCUT2D eigenvalue weighted by Gasteiger charge is 2.13. The third-order valence-corrected chi connectivity index (χ3v) is 5.89. The molecule has 4 rings (SSSR count). The Balaban J connectivity index is 1.46. The first-order valence-electron chi connectivity index (χ1n) is 9.80. The first-order chi connectivity index (χ1) is 15.4. The van der Waals surface area contributed by atoms with Crippen molar-refractivity contribution in [1.29, 1.82) is 0 Å². The van der Waals surface area contributed by atoms with Crippen molar-refractivity contribution in [2.24, 2.45) is 0 Å². The molecule has 2 amide bonds. The van der Waals surface area contributed by atoms with Crippen molar-refractivity contribution in [3.05, 3.63) is 82.5 Å². The van der Waals surface area contributed by atoms with Crippen LogP contribution in [0.2, 0.25) is 5.02 Å². The fourth-order valence-corrected chi connectivity index (χ4v) is 3.96. The fourth-order valence-electron chi connectivity index (χ4n) is 3.07. The largest absolute Gasteiger partial charge is 0.325 e. The van der Waals surface area contributed by atoms with Crippen molar-refractivity contribution in [2.45, 2.75) is 19.0 Å². The maximum atomic E-state index is 12.7. The van der Waals surface area contributed by atoms with Crippen molar-refractivity contribution in [3.63, 3.8) is 0 Å². The number of nitrogens with one attached hydrogen (secondary N) is 2. The zero-order chi connectivity index (χ0) is 22.7. The van der Waals surface area contributed by atoms with Crippen LogP contribution in [0.15, 0.2) is 66.0 Å². The third kappa shape index (κ3) is 5.09. The Hall–Kier alpha value is -3.36. The van der Waals surface area contributed by atoms with E-state index in [1.54, 1.807) is 34.9 Å². The minimum atomic E-state index is -0.240. The maximum Gasteiger partial charge on any atom is 0.257 e. The number of aromatic nitrogens is 3. The average Bonchev–Trinajstić information content (AvgIpc) is 3.17. The number of halogens is 1. The van der Waals surface area contributed by atoms with E-state index in [-0.39, 0.29) is 17.6 Å². The van der Waals surface area contributed by atoms with Crippen molar-refractivity contribution in [1.82, 2.24) is 14.6 Å². The molecule has 2 heterocycles. The van der Waals surface area contributed by atoms with Crippen LogP contribution in [0, 0.1) is 13.8 Å². The summed E-state index contributed by atoms with van der Waals surface area (Å²) in [5.74, 6) is -0.297. The van der Waals surface area contributed by atoms with Gasteiger partial charge in [0.25, 0.3) is 5.91 Å². The second-order valence-corrected chi connectivity index (χ2v) is 8.63. The molecule has 0 aliphatic carbocycles.